The minimum Gasteiger partial charge on any atom is -0.507 e. The van der Waals surface area contributed by atoms with Crippen molar-refractivity contribution < 1.29 is 23.2 Å². The fourth-order valence-electron chi connectivity index (χ4n) is 3.26. The lowest BCUT2D eigenvalue weighted by molar-refractivity contribution is 0.416. The van der Waals surface area contributed by atoms with E-state index in [0.717, 1.165) is 12.1 Å². The minimum atomic E-state index is -5.14. The molecule has 0 aliphatic carbocycles. The van der Waals surface area contributed by atoms with E-state index in [4.69, 9.17) is 46.4 Å². The van der Waals surface area contributed by atoms with Crippen LogP contribution in [0.5, 0.6) is 11.5 Å². The molecule has 0 spiro atoms. The fourth-order valence-corrected chi connectivity index (χ4v) is 5.55. The van der Waals surface area contributed by atoms with Crippen LogP contribution in [0.1, 0.15) is 16.7 Å². The normalized spacial score (nSPS) is 13.8. The number of hydrogen-bond acceptors (Lipinski definition) is 4. The van der Waals surface area contributed by atoms with Gasteiger partial charge in [0.1, 0.15) is 11.5 Å². The molecule has 0 radical (unpaired) electrons. The number of benzene rings is 3. The Morgan fingerprint density at radius 3 is 1.86 bits per heavy atom. The molecule has 0 amide bonds. The predicted octanol–water partition coefficient (Wildman–Crippen LogP) is 5.89. The van der Waals surface area contributed by atoms with Crippen LogP contribution in [0.25, 0.3) is 0 Å². The van der Waals surface area contributed by atoms with Crippen LogP contribution in [-0.4, -0.2) is 23.2 Å². The summed E-state index contributed by atoms with van der Waals surface area (Å²) in [4.78, 5) is 0. The van der Waals surface area contributed by atoms with E-state index < -0.39 is 31.9 Å². The monoisotopic (exact) mass is 492 g/mol. The zero-order valence-electron chi connectivity index (χ0n) is 14.3. The van der Waals surface area contributed by atoms with Crippen LogP contribution in [0.2, 0.25) is 20.1 Å². The van der Waals surface area contributed by atoms with E-state index in [1.165, 1.54) is 36.4 Å². The summed E-state index contributed by atoms with van der Waals surface area (Å²) in [5, 5.41) is 20.7. The van der Waals surface area contributed by atoms with Gasteiger partial charge in [0, 0.05) is 10.6 Å². The highest BCUT2D eigenvalue weighted by molar-refractivity contribution is 7.87. The van der Waals surface area contributed by atoms with Crippen LogP contribution in [0.15, 0.2) is 54.6 Å². The van der Waals surface area contributed by atoms with Gasteiger partial charge < -0.3 is 10.2 Å². The molecule has 3 aromatic rings. The van der Waals surface area contributed by atoms with Crippen molar-refractivity contribution in [3.8, 4) is 11.5 Å². The molecule has 0 aromatic heterocycles. The van der Waals surface area contributed by atoms with Crippen LogP contribution in [0.3, 0.4) is 0 Å². The summed E-state index contributed by atoms with van der Waals surface area (Å²) in [6.07, 6.45) is 0. The highest BCUT2D eigenvalue weighted by atomic mass is 35.5. The van der Waals surface area contributed by atoms with E-state index in [1.54, 1.807) is 6.07 Å². The molecular formula is C19H12Cl4O5S. The molecular weight excluding hydrogens is 482 g/mol. The Labute approximate surface area is 186 Å². The first-order chi connectivity index (χ1) is 13.5. The largest absolute Gasteiger partial charge is 0.507 e. The van der Waals surface area contributed by atoms with Gasteiger partial charge in [-0.15, -0.1) is 0 Å². The molecule has 3 N–H and O–H groups in total. The smallest absolute Gasteiger partial charge is 0.283 e. The molecule has 0 saturated heterocycles. The van der Waals surface area contributed by atoms with Crippen LogP contribution in [0.4, 0.5) is 0 Å². The maximum absolute atomic E-state index is 13.0. The molecule has 29 heavy (non-hydrogen) atoms. The van der Waals surface area contributed by atoms with Crippen molar-refractivity contribution in [3.05, 3.63) is 91.4 Å². The van der Waals surface area contributed by atoms with Gasteiger partial charge in [-0.05, 0) is 23.8 Å². The molecule has 5 nitrogen and oxygen atoms in total. The summed E-state index contributed by atoms with van der Waals surface area (Å²) in [6, 6.07) is 12.0. The average molecular weight is 494 g/mol. The van der Waals surface area contributed by atoms with E-state index in [9.17, 15) is 23.2 Å². The summed E-state index contributed by atoms with van der Waals surface area (Å²) in [7, 11) is -5.14. The van der Waals surface area contributed by atoms with Crippen molar-refractivity contribution in [3.63, 3.8) is 0 Å². The lowest BCUT2D eigenvalue weighted by Gasteiger charge is -2.34. The summed E-state index contributed by atoms with van der Waals surface area (Å²) in [5.41, 5.74) is -0.790. The number of rotatable bonds is 4. The standard InChI is InChI=1S/C19H12Cl4O5S/c20-11-8-14(24)16(15(25)9-11)19(29(26,27)28,10-4-2-1-3-5-10)12-6-7-13(21)18(23)17(12)22/h1-9,24-25H,(H,26,27,28). The van der Waals surface area contributed by atoms with Crippen molar-refractivity contribution in [2.24, 2.45) is 0 Å². The maximum atomic E-state index is 13.0. The molecule has 1 unspecified atom stereocenters. The van der Waals surface area contributed by atoms with Crippen molar-refractivity contribution in [1.29, 1.82) is 0 Å². The van der Waals surface area contributed by atoms with Gasteiger partial charge >= 0.3 is 0 Å². The summed E-state index contributed by atoms with van der Waals surface area (Å²) in [6.45, 7) is 0. The van der Waals surface area contributed by atoms with Gasteiger partial charge in [-0.1, -0.05) is 82.8 Å². The molecule has 0 fully saturated rings. The molecule has 0 aliphatic heterocycles. The van der Waals surface area contributed by atoms with Crippen molar-refractivity contribution in [2.45, 2.75) is 4.75 Å². The molecule has 0 saturated carbocycles. The van der Waals surface area contributed by atoms with Gasteiger partial charge in [-0.2, -0.15) is 8.42 Å². The zero-order chi connectivity index (χ0) is 21.6. The molecule has 0 heterocycles. The molecule has 3 aromatic carbocycles. The second-order valence-electron chi connectivity index (χ2n) is 6.06. The molecule has 0 aliphatic rings. The van der Waals surface area contributed by atoms with Gasteiger partial charge in [0.15, 0.2) is 4.75 Å². The van der Waals surface area contributed by atoms with Gasteiger partial charge in [-0.3, -0.25) is 4.55 Å². The van der Waals surface area contributed by atoms with E-state index in [0.29, 0.717) is 0 Å². The van der Waals surface area contributed by atoms with E-state index in [2.05, 4.69) is 0 Å². The van der Waals surface area contributed by atoms with Gasteiger partial charge in [-0.25, -0.2) is 0 Å². The SMILES string of the molecule is O=S(=O)(O)C(c1ccccc1)(c1ccc(Cl)c(Cl)c1Cl)c1c(O)cc(Cl)cc1O. The molecule has 152 valence electrons. The van der Waals surface area contributed by atoms with Gasteiger partial charge in [0.25, 0.3) is 10.1 Å². The van der Waals surface area contributed by atoms with Crippen LogP contribution in [0, 0.1) is 0 Å². The van der Waals surface area contributed by atoms with Crippen LogP contribution in [-0.2, 0) is 14.9 Å². The highest BCUT2D eigenvalue weighted by Gasteiger charge is 2.53. The number of halogens is 4. The quantitative estimate of drug-likeness (QED) is 0.239. The first-order valence-corrected chi connectivity index (χ1v) is 10.9. The topological polar surface area (TPSA) is 94.8 Å². The van der Waals surface area contributed by atoms with E-state index in [1.807, 2.05) is 0 Å². The third-order valence-corrected chi connectivity index (χ3v) is 7.34. The van der Waals surface area contributed by atoms with E-state index >= 15 is 0 Å². The Balaban J connectivity index is 2.64. The summed E-state index contributed by atoms with van der Waals surface area (Å²) < 4.78 is 33.8. The first-order valence-electron chi connectivity index (χ1n) is 7.90. The number of phenolic OH excluding ortho intramolecular Hbond substituents is 2. The Kier molecular flexibility index (Phi) is 5.98. The Hall–Kier alpha value is -1.67. The van der Waals surface area contributed by atoms with Crippen molar-refractivity contribution in [1.82, 2.24) is 0 Å². The Bertz CT molecular complexity index is 1180. The Morgan fingerprint density at radius 1 is 0.793 bits per heavy atom. The van der Waals surface area contributed by atoms with Gasteiger partial charge in [0.2, 0.25) is 0 Å². The molecule has 3 rings (SSSR count). The lowest BCUT2D eigenvalue weighted by Crippen LogP contribution is -2.38. The first kappa shape index (κ1) is 22.0. The number of aromatic hydroxyl groups is 2. The van der Waals surface area contributed by atoms with Crippen molar-refractivity contribution >= 4 is 56.5 Å². The highest BCUT2D eigenvalue weighted by Crippen LogP contribution is 2.54. The second-order valence-corrected chi connectivity index (χ2v) is 9.23. The zero-order valence-corrected chi connectivity index (χ0v) is 18.1. The lowest BCUT2D eigenvalue weighted by atomic mass is 9.83. The third-order valence-electron chi connectivity index (χ3n) is 4.40. The maximum Gasteiger partial charge on any atom is 0.283 e. The molecule has 1 atom stereocenters. The molecule has 10 heteroatoms. The predicted molar refractivity (Wildman–Crippen MR) is 114 cm³/mol. The van der Waals surface area contributed by atoms with Crippen LogP contribution < -0.4 is 0 Å². The fraction of sp³-hybridized carbons (Fsp3) is 0.0526. The summed E-state index contributed by atoms with van der Waals surface area (Å²) >= 11 is 24.3. The Morgan fingerprint density at radius 2 is 1.34 bits per heavy atom. The van der Waals surface area contributed by atoms with Gasteiger partial charge in [0.05, 0.1) is 20.6 Å². The number of phenols is 2. The third kappa shape index (κ3) is 3.54. The number of hydrogen-bond donors (Lipinski definition) is 3. The average Bonchev–Trinajstić information content (AvgIpc) is 2.63. The minimum absolute atomic E-state index is 0.0179. The van der Waals surface area contributed by atoms with Crippen LogP contribution >= 0.6 is 46.4 Å². The van der Waals surface area contributed by atoms with Crippen molar-refractivity contribution in [2.75, 3.05) is 0 Å². The van der Waals surface area contributed by atoms with E-state index in [-0.39, 0.29) is 31.2 Å². The summed E-state index contributed by atoms with van der Waals surface area (Å²) in [5.74, 6) is -1.36. The molecule has 0 bridgehead atoms. The second kappa shape index (κ2) is 7.87.